The van der Waals surface area contributed by atoms with Crippen molar-refractivity contribution in [1.82, 2.24) is 10.2 Å². The smallest absolute Gasteiger partial charge is 0.251 e. The number of anilines is 1. The van der Waals surface area contributed by atoms with Crippen LogP contribution in [0.2, 0.25) is 0 Å². The number of carbonyl (C=O) groups excluding carboxylic acids is 1. The number of aromatic amines is 1. The van der Waals surface area contributed by atoms with Crippen LogP contribution in [0.3, 0.4) is 0 Å². The number of nitrogens with one attached hydrogen (secondary N) is 2. The van der Waals surface area contributed by atoms with Crippen LogP contribution in [0, 0.1) is 0 Å². The second-order valence-electron chi connectivity index (χ2n) is 6.84. The highest BCUT2D eigenvalue weighted by molar-refractivity contribution is 5.90. The van der Waals surface area contributed by atoms with Crippen LogP contribution in [0.25, 0.3) is 0 Å². The average Bonchev–Trinajstić information content (AvgIpc) is 3.23. The molecule has 2 N–H and O–H groups in total. The maximum atomic E-state index is 12.0. The summed E-state index contributed by atoms with van der Waals surface area (Å²) in [6.07, 6.45) is 2.30. The lowest BCUT2D eigenvalue weighted by Gasteiger charge is -2.08. The number of rotatable bonds is 11. The van der Waals surface area contributed by atoms with Gasteiger partial charge in [-0.2, -0.15) is 5.10 Å². The molecule has 0 aliphatic heterocycles. The van der Waals surface area contributed by atoms with Crippen LogP contribution < -0.4 is 14.8 Å². The van der Waals surface area contributed by atoms with Crippen molar-refractivity contribution in [3.63, 3.8) is 0 Å². The molecule has 30 heavy (non-hydrogen) atoms. The predicted molar refractivity (Wildman–Crippen MR) is 115 cm³/mol. The van der Waals surface area contributed by atoms with E-state index in [2.05, 4.69) is 15.5 Å². The number of H-pyrrole nitrogens is 1. The largest absolute Gasteiger partial charge is 0.497 e. The number of amides is 1. The first-order valence-electron chi connectivity index (χ1n) is 9.84. The lowest BCUT2D eigenvalue weighted by Crippen LogP contribution is -2.19. The molecule has 2 aromatic carbocycles. The summed E-state index contributed by atoms with van der Waals surface area (Å²) in [5, 5.41) is 9.86. The minimum Gasteiger partial charge on any atom is -0.497 e. The first kappa shape index (κ1) is 21.4. The molecule has 1 heterocycles. The van der Waals surface area contributed by atoms with Gasteiger partial charge in [-0.05, 0) is 42.5 Å². The van der Waals surface area contributed by atoms with Gasteiger partial charge in [-0.25, -0.2) is 0 Å². The van der Waals surface area contributed by atoms with Gasteiger partial charge in [-0.15, -0.1) is 0 Å². The summed E-state index contributed by atoms with van der Waals surface area (Å²) in [6.45, 7) is 0.492. The van der Waals surface area contributed by atoms with Crippen molar-refractivity contribution < 1.29 is 19.0 Å². The fourth-order valence-electron chi connectivity index (χ4n) is 3.02. The van der Waals surface area contributed by atoms with Gasteiger partial charge in [-0.1, -0.05) is 30.3 Å². The first-order valence-corrected chi connectivity index (χ1v) is 9.84. The fraction of sp³-hybridized carbons (Fsp3) is 0.304. The molecule has 158 valence electrons. The normalized spacial score (nSPS) is 10.6. The predicted octanol–water partition coefficient (Wildman–Crippen LogP) is 3.41. The summed E-state index contributed by atoms with van der Waals surface area (Å²) in [5.41, 5.74) is 3.21. The van der Waals surface area contributed by atoms with Crippen molar-refractivity contribution in [3.8, 4) is 11.5 Å². The molecule has 1 amide bonds. The van der Waals surface area contributed by atoms with E-state index in [1.54, 1.807) is 14.2 Å². The molecule has 0 atom stereocenters. The van der Waals surface area contributed by atoms with Crippen LogP contribution >= 0.6 is 0 Å². The number of methoxy groups -OCH3 is 2. The molecule has 3 aromatic rings. The number of carbonyl (C=O) groups is 1. The molecule has 1 aromatic heterocycles. The molecule has 3 rings (SSSR count). The van der Waals surface area contributed by atoms with Crippen LogP contribution in [0.1, 0.15) is 16.8 Å². The summed E-state index contributed by atoms with van der Waals surface area (Å²) in [5.74, 6) is 1.78. The van der Waals surface area contributed by atoms with Crippen LogP contribution in [-0.4, -0.2) is 43.5 Å². The van der Waals surface area contributed by atoms with E-state index in [1.807, 2.05) is 54.6 Å². The number of aryl methyl sites for hydroxylation is 2. The number of ether oxygens (including phenoxy) is 3. The Balaban J connectivity index is 1.42. The van der Waals surface area contributed by atoms with E-state index in [-0.39, 0.29) is 12.5 Å². The van der Waals surface area contributed by atoms with E-state index in [4.69, 9.17) is 14.2 Å². The van der Waals surface area contributed by atoms with Gasteiger partial charge in [-0.3, -0.25) is 9.89 Å². The van der Waals surface area contributed by atoms with Gasteiger partial charge in [0.05, 0.1) is 20.8 Å². The lowest BCUT2D eigenvalue weighted by atomic mass is 10.1. The summed E-state index contributed by atoms with van der Waals surface area (Å²) in [6, 6.07) is 17.7. The molecule has 0 radical (unpaired) electrons. The zero-order valence-corrected chi connectivity index (χ0v) is 17.3. The van der Waals surface area contributed by atoms with Crippen LogP contribution in [0.4, 0.5) is 5.82 Å². The third-order valence-electron chi connectivity index (χ3n) is 4.60. The van der Waals surface area contributed by atoms with E-state index in [1.165, 1.54) is 5.56 Å². The van der Waals surface area contributed by atoms with E-state index in [9.17, 15) is 4.79 Å². The monoisotopic (exact) mass is 409 g/mol. The number of nitrogens with zero attached hydrogens (tertiary/aromatic N) is 1. The molecule has 0 fully saturated rings. The van der Waals surface area contributed by atoms with E-state index in [0.29, 0.717) is 12.4 Å². The van der Waals surface area contributed by atoms with Crippen LogP contribution in [-0.2, 0) is 28.8 Å². The summed E-state index contributed by atoms with van der Waals surface area (Å²) < 4.78 is 16.1. The Morgan fingerprint density at radius 1 is 0.933 bits per heavy atom. The van der Waals surface area contributed by atoms with Crippen molar-refractivity contribution in [2.75, 3.05) is 32.8 Å². The number of hydrogen-bond donors (Lipinski definition) is 2. The number of aromatic nitrogens is 2. The van der Waals surface area contributed by atoms with Crippen molar-refractivity contribution >= 4 is 11.7 Å². The third kappa shape index (κ3) is 6.63. The molecule has 7 nitrogen and oxygen atoms in total. The van der Waals surface area contributed by atoms with Gasteiger partial charge in [0.25, 0.3) is 5.91 Å². The van der Waals surface area contributed by atoms with Gasteiger partial charge in [0.1, 0.15) is 18.1 Å². The van der Waals surface area contributed by atoms with Crippen molar-refractivity contribution in [2.45, 2.75) is 19.3 Å². The molecule has 0 unspecified atom stereocenters. The first-order chi connectivity index (χ1) is 14.7. The number of benzene rings is 2. The van der Waals surface area contributed by atoms with Gasteiger partial charge < -0.3 is 19.5 Å². The average molecular weight is 409 g/mol. The highest BCUT2D eigenvalue weighted by Gasteiger charge is 2.08. The van der Waals surface area contributed by atoms with Crippen molar-refractivity contribution in [3.05, 3.63) is 71.4 Å². The second kappa shape index (κ2) is 11.0. The van der Waals surface area contributed by atoms with E-state index in [0.717, 1.165) is 42.0 Å². The van der Waals surface area contributed by atoms with Crippen LogP contribution in [0.15, 0.2) is 54.6 Å². The fourth-order valence-corrected chi connectivity index (χ4v) is 3.02. The minimum atomic E-state index is -0.223. The highest BCUT2D eigenvalue weighted by atomic mass is 16.5. The summed E-state index contributed by atoms with van der Waals surface area (Å²) in [4.78, 5) is 12.0. The van der Waals surface area contributed by atoms with Gasteiger partial charge in [0, 0.05) is 17.8 Å². The lowest BCUT2D eigenvalue weighted by molar-refractivity contribution is -0.120. The summed E-state index contributed by atoms with van der Waals surface area (Å²) >= 11 is 0. The Labute approximate surface area is 176 Å². The standard InChI is InChI=1S/C23H27N3O4/c1-28-20-12-18(13-21(15-20)29-2)8-9-19-14-22(26-25-19)24-23(27)16-30-11-10-17-6-4-3-5-7-17/h3-7,12-15H,8-11,16H2,1-2H3,(H2,24,25,26,27). The molecule has 0 saturated carbocycles. The van der Waals surface area contributed by atoms with Gasteiger partial charge in [0.15, 0.2) is 5.82 Å². The maximum absolute atomic E-state index is 12.0. The second-order valence-corrected chi connectivity index (χ2v) is 6.84. The molecule has 0 saturated heterocycles. The third-order valence-corrected chi connectivity index (χ3v) is 4.60. The molecule has 0 bridgehead atoms. The molecule has 0 spiro atoms. The zero-order valence-electron chi connectivity index (χ0n) is 17.3. The topological polar surface area (TPSA) is 85.5 Å². The zero-order chi connectivity index (χ0) is 21.2. The van der Waals surface area contributed by atoms with Crippen molar-refractivity contribution in [1.29, 1.82) is 0 Å². The van der Waals surface area contributed by atoms with E-state index < -0.39 is 0 Å². The Kier molecular flexibility index (Phi) is 7.86. The molecule has 0 aliphatic carbocycles. The molecule has 7 heteroatoms. The Morgan fingerprint density at radius 2 is 1.67 bits per heavy atom. The Hall–Kier alpha value is -3.32. The van der Waals surface area contributed by atoms with Gasteiger partial charge in [0.2, 0.25) is 0 Å². The molecule has 0 aliphatic rings. The van der Waals surface area contributed by atoms with Crippen LogP contribution in [0.5, 0.6) is 11.5 Å². The number of hydrogen-bond acceptors (Lipinski definition) is 5. The van der Waals surface area contributed by atoms with Crippen molar-refractivity contribution in [2.24, 2.45) is 0 Å². The summed E-state index contributed by atoms with van der Waals surface area (Å²) in [7, 11) is 3.27. The Morgan fingerprint density at radius 3 is 2.37 bits per heavy atom. The van der Waals surface area contributed by atoms with Gasteiger partial charge >= 0.3 is 0 Å². The molecular formula is C23H27N3O4. The Bertz CT molecular complexity index is 918. The van der Waals surface area contributed by atoms with E-state index >= 15 is 0 Å². The maximum Gasteiger partial charge on any atom is 0.251 e. The minimum absolute atomic E-state index is 0.00136. The quantitative estimate of drug-likeness (QED) is 0.474. The molecular weight excluding hydrogens is 382 g/mol. The SMILES string of the molecule is COc1cc(CCc2cc(NC(=O)COCCc3ccccc3)n[nH]2)cc(OC)c1. The highest BCUT2D eigenvalue weighted by Crippen LogP contribution is 2.23.